The third-order valence-electron chi connectivity index (χ3n) is 6.24. The minimum Gasteiger partial charge on any atom is -0.391 e. The van der Waals surface area contributed by atoms with Crippen LogP contribution in [0.5, 0.6) is 0 Å². The first-order valence-corrected chi connectivity index (χ1v) is 13.8. The molecule has 0 aliphatic heterocycles. The summed E-state index contributed by atoms with van der Waals surface area (Å²) >= 11 is 0. The van der Waals surface area contributed by atoms with Crippen LogP contribution in [0.2, 0.25) is 0 Å². The number of nitrogens with one attached hydrogen (secondary N) is 1. The number of carbonyl (C=O) groups excluding carboxylic acids is 1. The summed E-state index contributed by atoms with van der Waals surface area (Å²) in [5.74, 6) is 0.163. The van der Waals surface area contributed by atoms with Crippen LogP contribution in [0.15, 0.2) is 0 Å². The van der Waals surface area contributed by atoms with Gasteiger partial charge in [-0.3, -0.25) is 4.79 Å². The zero-order valence-corrected chi connectivity index (χ0v) is 26.7. The number of aliphatic hydroxyl groups is 1. The van der Waals surface area contributed by atoms with Crippen LogP contribution < -0.4 is 34.9 Å². The Hall–Kier alpha value is -1.21. The molecule has 1 unspecified atom stereocenters. The molecule has 0 aromatic carbocycles. The van der Waals surface area contributed by atoms with E-state index < -0.39 is 10.2 Å². The maximum atomic E-state index is 12.2. The zero-order chi connectivity index (χ0) is 29.0. The third kappa shape index (κ3) is 39.3. The quantitative estimate of drug-likeness (QED) is 0.0536. The van der Waals surface area contributed by atoms with Crippen LogP contribution in [0.1, 0.15) is 123 Å². The predicted molar refractivity (Wildman–Crippen MR) is 147 cm³/mol. The van der Waals surface area contributed by atoms with Gasteiger partial charge in [0.1, 0.15) is 6.54 Å². The fourth-order valence-electron chi connectivity index (χ4n) is 4.10. The Bertz CT molecular complexity index is 537. The normalized spacial score (nSPS) is 11.1. The van der Waals surface area contributed by atoms with Crippen LogP contribution in [0.3, 0.4) is 0 Å². The maximum absolute atomic E-state index is 12.2. The van der Waals surface area contributed by atoms with Crippen LogP contribution in [0.25, 0.3) is 0 Å². The second kappa shape index (κ2) is 32.0. The van der Waals surface area contributed by atoms with Crippen molar-refractivity contribution < 1.29 is 54.1 Å². The van der Waals surface area contributed by atoms with Crippen molar-refractivity contribution in [2.75, 3.05) is 27.2 Å². The Morgan fingerprint density at radius 2 is 1.05 bits per heavy atom. The first-order chi connectivity index (χ1) is 17.4. The Labute approximate surface area is 251 Å². The molecule has 0 fully saturated rings. The van der Waals surface area contributed by atoms with Gasteiger partial charge in [-0.05, 0) is 6.42 Å². The first kappa shape index (κ1) is 43.8. The maximum Gasteiger partial charge on any atom is 1.00 e. The molecule has 0 bridgehead atoms. The van der Waals surface area contributed by atoms with Crippen molar-refractivity contribution in [1.29, 1.82) is 0 Å². The minimum atomic E-state index is -1.75. The van der Waals surface area contributed by atoms with Gasteiger partial charge in [0, 0.05) is 12.8 Å². The smallest absolute Gasteiger partial charge is 0.391 e. The molecule has 1 atom stereocenters. The number of carbonyl (C=O) groups is 1. The van der Waals surface area contributed by atoms with E-state index in [1.807, 2.05) is 0 Å². The number of likely N-dealkylation sites (N-methyl/N-ethyl adjacent to an activating group) is 1. The topological polar surface area (TPSA) is 182 Å². The van der Waals surface area contributed by atoms with E-state index in [-0.39, 0.29) is 48.2 Å². The standard InChI is InChI=1S/C25H52N2O2.2NO3.Na/c1-5-7-8-9-10-11-12-13-14-15-16-17-18-19-20-21-25(29)26-24(6-2)27(3,4)22-23-28;2*2-1(3)4;/h24,28H,5-23H2,1-4H3;;;/q;2*-1;+1/p+1. The first-order valence-electron chi connectivity index (χ1n) is 13.8. The van der Waals surface area contributed by atoms with Crippen LogP contribution >= 0.6 is 0 Å². The number of hydrogen-bond acceptors (Lipinski definition) is 8. The molecule has 0 aromatic rings. The van der Waals surface area contributed by atoms with Gasteiger partial charge in [-0.15, -0.1) is 0 Å². The second-order valence-corrected chi connectivity index (χ2v) is 9.86. The van der Waals surface area contributed by atoms with Crippen molar-refractivity contribution in [2.24, 2.45) is 0 Å². The molecule has 0 aliphatic carbocycles. The van der Waals surface area contributed by atoms with E-state index in [4.69, 9.17) is 30.6 Å². The molecule has 0 saturated carbocycles. The van der Waals surface area contributed by atoms with E-state index in [0.717, 1.165) is 19.3 Å². The molecule has 0 heterocycles. The molecule has 13 heteroatoms. The van der Waals surface area contributed by atoms with Gasteiger partial charge in [0.25, 0.3) is 0 Å². The number of hydrogen-bond donors (Lipinski definition) is 2. The Kier molecular flexibility index (Phi) is 36.9. The Morgan fingerprint density at radius 3 is 1.34 bits per heavy atom. The summed E-state index contributed by atoms with van der Waals surface area (Å²) in [5.41, 5.74) is 0. The van der Waals surface area contributed by atoms with Gasteiger partial charge in [0.2, 0.25) is 5.91 Å². The van der Waals surface area contributed by atoms with E-state index in [1.54, 1.807) is 0 Å². The minimum absolute atomic E-state index is 0. The van der Waals surface area contributed by atoms with Crippen LogP contribution in [-0.4, -0.2) is 59.1 Å². The molecule has 12 nitrogen and oxygen atoms in total. The van der Waals surface area contributed by atoms with Crippen molar-refractivity contribution in [2.45, 2.75) is 129 Å². The van der Waals surface area contributed by atoms with Crippen LogP contribution in [0.4, 0.5) is 0 Å². The average molecular weight is 561 g/mol. The molecule has 0 rings (SSSR count). The summed E-state index contributed by atoms with van der Waals surface area (Å²) in [6.07, 6.45) is 21.8. The molecule has 0 aliphatic rings. The van der Waals surface area contributed by atoms with Crippen molar-refractivity contribution in [1.82, 2.24) is 5.32 Å². The largest absolute Gasteiger partial charge is 1.00 e. The average Bonchev–Trinajstić information content (AvgIpc) is 2.79. The molecule has 1 amide bonds. The summed E-state index contributed by atoms with van der Waals surface area (Å²) in [7, 11) is 4.14. The van der Waals surface area contributed by atoms with Gasteiger partial charge < -0.3 is 45.5 Å². The van der Waals surface area contributed by atoms with Crippen LogP contribution in [-0.2, 0) is 4.79 Å². The summed E-state index contributed by atoms with van der Waals surface area (Å²) < 4.78 is 0.637. The van der Waals surface area contributed by atoms with E-state index in [0.29, 0.717) is 17.4 Å². The van der Waals surface area contributed by atoms with Crippen molar-refractivity contribution in [3.63, 3.8) is 0 Å². The molecule has 2 N–H and O–H groups in total. The molecule has 38 heavy (non-hydrogen) atoms. The number of quaternary nitrogens is 1. The molecular weight excluding hydrogens is 507 g/mol. The zero-order valence-electron chi connectivity index (χ0n) is 24.7. The van der Waals surface area contributed by atoms with E-state index >= 15 is 0 Å². The number of rotatable bonds is 21. The third-order valence-corrected chi connectivity index (χ3v) is 6.24. The van der Waals surface area contributed by atoms with Crippen molar-refractivity contribution in [3.8, 4) is 0 Å². The van der Waals surface area contributed by atoms with E-state index in [2.05, 4.69) is 33.3 Å². The Morgan fingerprint density at radius 1 is 0.737 bits per heavy atom. The summed E-state index contributed by atoms with van der Waals surface area (Å²) in [6, 6.07) is 0. The number of aliphatic hydroxyl groups excluding tert-OH is 1. The summed E-state index contributed by atoms with van der Waals surface area (Å²) in [4.78, 5) is 28.7. The molecule has 0 saturated heterocycles. The van der Waals surface area contributed by atoms with Gasteiger partial charge in [-0.25, -0.2) is 0 Å². The fourth-order valence-corrected chi connectivity index (χ4v) is 4.10. The monoisotopic (exact) mass is 560 g/mol. The van der Waals surface area contributed by atoms with Gasteiger partial charge in [0.15, 0.2) is 6.17 Å². The van der Waals surface area contributed by atoms with Gasteiger partial charge in [-0.2, -0.15) is 0 Å². The molecule has 0 aromatic heterocycles. The molecule has 0 radical (unpaired) electrons. The van der Waals surface area contributed by atoms with Crippen molar-refractivity contribution >= 4 is 5.91 Å². The Balaban J connectivity index is -0.000000559. The number of nitrogens with zero attached hydrogens (tertiary/aromatic N) is 3. The number of unbranched alkanes of at least 4 members (excludes halogenated alkanes) is 14. The molecule has 222 valence electrons. The fraction of sp³-hybridized carbons (Fsp3) is 0.960. The molecular formula is C25H53N4NaO8. The molecule has 0 spiro atoms. The van der Waals surface area contributed by atoms with Gasteiger partial charge in [-0.1, -0.05) is 104 Å². The van der Waals surface area contributed by atoms with Crippen molar-refractivity contribution in [3.05, 3.63) is 30.6 Å². The van der Waals surface area contributed by atoms with Crippen LogP contribution in [0, 0.1) is 30.6 Å². The SMILES string of the molecule is CCCCCCCCCCCCCCCCCC(=O)NC(CC)[N+](C)(C)CCO.O=[N+]([O-])[O-].O=[N+]([O-])[O-].[Na+]. The summed E-state index contributed by atoms with van der Waals surface area (Å²) in [6.45, 7) is 5.19. The number of amides is 1. The predicted octanol–water partition coefficient (Wildman–Crippen LogP) is 2.69. The van der Waals surface area contributed by atoms with Gasteiger partial charge >= 0.3 is 29.6 Å². The van der Waals surface area contributed by atoms with E-state index in [9.17, 15) is 9.90 Å². The second-order valence-electron chi connectivity index (χ2n) is 9.86. The summed E-state index contributed by atoms with van der Waals surface area (Å²) in [5, 5.41) is 41.9. The van der Waals surface area contributed by atoms with E-state index in [1.165, 1.54) is 83.5 Å². The van der Waals surface area contributed by atoms with Gasteiger partial charge in [0.05, 0.1) is 30.9 Å².